The van der Waals surface area contributed by atoms with E-state index in [0.29, 0.717) is 5.16 Å². The van der Waals surface area contributed by atoms with Crippen LogP contribution in [0.3, 0.4) is 0 Å². The van der Waals surface area contributed by atoms with Gasteiger partial charge in [0.05, 0.1) is 11.3 Å². The summed E-state index contributed by atoms with van der Waals surface area (Å²) in [5, 5.41) is 4.57. The van der Waals surface area contributed by atoms with Crippen molar-refractivity contribution < 1.29 is 9.53 Å². The number of aromatic nitrogens is 2. The highest BCUT2D eigenvalue weighted by Crippen LogP contribution is 2.24. The first-order chi connectivity index (χ1) is 9.89. The van der Waals surface area contributed by atoms with Gasteiger partial charge in [-0.15, -0.1) is 0 Å². The molecule has 0 bridgehead atoms. The number of fused-ring (bicyclic) bond motifs is 1. The van der Waals surface area contributed by atoms with E-state index in [9.17, 15) is 4.79 Å². The summed E-state index contributed by atoms with van der Waals surface area (Å²) in [5.74, 6) is 0.682. The number of carbonyl (C=O) groups is 1. The average Bonchev–Trinajstić information content (AvgIpc) is 2.42. The van der Waals surface area contributed by atoms with Crippen LogP contribution in [-0.2, 0) is 9.53 Å². The average molecular weight is 305 g/mol. The summed E-state index contributed by atoms with van der Waals surface area (Å²) in [5.41, 5.74) is 0.376. The van der Waals surface area contributed by atoms with Crippen LogP contribution in [0.5, 0.6) is 0 Å². The molecule has 2 rings (SSSR count). The van der Waals surface area contributed by atoms with Crippen molar-refractivity contribution in [2.45, 2.75) is 31.5 Å². The Hall–Kier alpha value is -1.82. The first-order valence-electron chi connectivity index (χ1n) is 6.68. The molecule has 0 radical (unpaired) electrons. The molecule has 21 heavy (non-hydrogen) atoms. The van der Waals surface area contributed by atoms with Crippen LogP contribution in [0.2, 0.25) is 0 Å². The van der Waals surface area contributed by atoms with Gasteiger partial charge < -0.3 is 10.1 Å². The molecular formula is C15H19N3O2S. The lowest BCUT2D eigenvalue weighted by Crippen LogP contribution is -2.25. The summed E-state index contributed by atoms with van der Waals surface area (Å²) < 4.78 is 5.27. The normalized spacial score (nSPS) is 11.4. The van der Waals surface area contributed by atoms with E-state index in [1.807, 2.05) is 52.1 Å². The van der Waals surface area contributed by atoms with Crippen LogP contribution >= 0.6 is 11.8 Å². The molecule has 0 aliphatic carbocycles. The van der Waals surface area contributed by atoms with Gasteiger partial charge in [0.1, 0.15) is 11.4 Å². The Kier molecular flexibility index (Phi) is 4.67. The lowest BCUT2D eigenvalue weighted by atomic mass is 10.2. The predicted octanol–water partition coefficient (Wildman–Crippen LogP) is 3.11. The molecule has 1 aromatic heterocycles. The summed E-state index contributed by atoms with van der Waals surface area (Å²) in [6, 6.07) is 7.76. The van der Waals surface area contributed by atoms with Crippen molar-refractivity contribution in [1.82, 2.24) is 9.97 Å². The van der Waals surface area contributed by atoms with E-state index in [1.165, 1.54) is 11.8 Å². The molecule has 0 saturated heterocycles. The maximum atomic E-state index is 11.7. The van der Waals surface area contributed by atoms with Gasteiger partial charge >= 0.3 is 5.97 Å². The number of para-hydroxylation sites is 1. The van der Waals surface area contributed by atoms with E-state index in [2.05, 4.69) is 15.3 Å². The Morgan fingerprint density at radius 3 is 2.67 bits per heavy atom. The summed E-state index contributed by atoms with van der Waals surface area (Å²) in [7, 11) is 1.82. The smallest absolute Gasteiger partial charge is 0.316 e. The van der Waals surface area contributed by atoms with Gasteiger partial charge in [-0.25, -0.2) is 9.97 Å². The number of esters is 1. The maximum absolute atomic E-state index is 11.7. The lowest BCUT2D eigenvalue weighted by molar-refractivity contribution is -0.151. The van der Waals surface area contributed by atoms with E-state index in [4.69, 9.17) is 4.74 Å². The standard InChI is InChI=1S/C15H19N3O2S/c1-15(2,3)20-12(19)9-21-14-17-11-8-6-5-7-10(11)13(16-4)18-14/h5-8H,9H2,1-4H3,(H,16,17,18). The summed E-state index contributed by atoms with van der Waals surface area (Å²) in [6.07, 6.45) is 0. The second-order valence-electron chi connectivity index (χ2n) is 5.50. The first-order valence-corrected chi connectivity index (χ1v) is 7.67. The third kappa shape index (κ3) is 4.32. The molecule has 0 amide bonds. The van der Waals surface area contributed by atoms with Gasteiger partial charge in [0.15, 0.2) is 5.16 Å². The van der Waals surface area contributed by atoms with Gasteiger partial charge in [-0.1, -0.05) is 23.9 Å². The topological polar surface area (TPSA) is 64.1 Å². The summed E-state index contributed by atoms with van der Waals surface area (Å²) in [6.45, 7) is 5.55. The molecule has 0 spiro atoms. The van der Waals surface area contributed by atoms with Gasteiger partial charge in [0.2, 0.25) is 0 Å². The Morgan fingerprint density at radius 1 is 1.29 bits per heavy atom. The zero-order chi connectivity index (χ0) is 15.5. The van der Waals surface area contributed by atoms with Gasteiger partial charge in [-0.2, -0.15) is 0 Å². The third-order valence-corrected chi connectivity index (χ3v) is 3.38. The van der Waals surface area contributed by atoms with Crippen molar-refractivity contribution in [3.63, 3.8) is 0 Å². The molecule has 1 N–H and O–H groups in total. The van der Waals surface area contributed by atoms with Gasteiger partial charge in [-0.3, -0.25) is 4.79 Å². The fraction of sp³-hybridized carbons (Fsp3) is 0.400. The number of benzene rings is 1. The number of hydrogen-bond donors (Lipinski definition) is 1. The van der Waals surface area contributed by atoms with Gasteiger partial charge in [0, 0.05) is 12.4 Å². The van der Waals surface area contributed by atoms with E-state index >= 15 is 0 Å². The number of carbonyl (C=O) groups excluding carboxylic acids is 1. The minimum absolute atomic E-state index is 0.193. The Labute approximate surface area is 128 Å². The van der Waals surface area contributed by atoms with Crippen LogP contribution in [0.15, 0.2) is 29.4 Å². The van der Waals surface area contributed by atoms with Crippen LogP contribution in [-0.4, -0.2) is 34.3 Å². The fourth-order valence-corrected chi connectivity index (χ4v) is 2.43. The van der Waals surface area contributed by atoms with Gasteiger partial charge in [0.25, 0.3) is 0 Å². The number of ether oxygens (including phenoxy) is 1. The molecule has 2 aromatic rings. The van der Waals surface area contributed by atoms with Crippen LogP contribution in [0.4, 0.5) is 5.82 Å². The van der Waals surface area contributed by atoms with Crippen molar-refractivity contribution in [3.8, 4) is 0 Å². The van der Waals surface area contributed by atoms with Crippen molar-refractivity contribution in [2.75, 3.05) is 18.1 Å². The fourth-order valence-electron chi connectivity index (χ4n) is 1.80. The quantitative estimate of drug-likeness (QED) is 0.532. The minimum atomic E-state index is -0.474. The third-order valence-electron chi connectivity index (χ3n) is 2.56. The van der Waals surface area contributed by atoms with Crippen molar-refractivity contribution in [1.29, 1.82) is 0 Å². The largest absolute Gasteiger partial charge is 0.459 e. The monoisotopic (exact) mass is 305 g/mol. The van der Waals surface area contributed by atoms with Gasteiger partial charge in [-0.05, 0) is 32.9 Å². The minimum Gasteiger partial charge on any atom is -0.459 e. The second-order valence-corrected chi connectivity index (χ2v) is 6.44. The molecule has 0 unspecified atom stereocenters. The van der Waals surface area contributed by atoms with Crippen LogP contribution in [0.25, 0.3) is 10.9 Å². The highest BCUT2D eigenvalue weighted by Gasteiger charge is 2.17. The van der Waals surface area contributed by atoms with Crippen LogP contribution < -0.4 is 5.32 Å². The molecule has 0 saturated carbocycles. The molecule has 0 fully saturated rings. The zero-order valence-electron chi connectivity index (χ0n) is 12.6. The summed E-state index contributed by atoms with van der Waals surface area (Å²) >= 11 is 1.28. The van der Waals surface area contributed by atoms with Crippen molar-refractivity contribution in [2.24, 2.45) is 0 Å². The number of thioether (sulfide) groups is 1. The molecular weight excluding hydrogens is 286 g/mol. The maximum Gasteiger partial charge on any atom is 0.316 e. The van der Waals surface area contributed by atoms with E-state index in [1.54, 1.807) is 0 Å². The predicted molar refractivity (Wildman–Crippen MR) is 85.7 cm³/mol. The Bertz CT molecular complexity index is 653. The number of hydrogen-bond acceptors (Lipinski definition) is 6. The molecule has 0 atom stereocenters. The number of anilines is 1. The molecule has 1 heterocycles. The highest BCUT2D eigenvalue weighted by atomic mass is 32.2. The van der Waals surface area contributed by atoms with Crippen molar-refractivity contribution >= 4 is 34.5 Å². The van der Waals surface area contributed by atoms with Crippen LogP contribution in [0, 0.1) is 0 Å². The summed E-state index contributed by atoms with van der Waals surface area (Å²) in [4.78, 5) is 20.6. The second kappa shape index (κ2) is 6.30. The highest BCUT2D eigenvalue weighted by molar-refractivity contribution is 7.99. The molecule has 0 aliphatic heterocycles. The van der Waals surface area contributed by atoms with Crippen molar-refractivity contribution in [3.05, 3.63) is 24.3 Å². The SMILES string of the molecule is CNc1nc(SCC(=O)OC(C)(C)C)nc2ccccc12. The molecule has 0 aliphatic rings. The van der Waals surface area contributed by atoms with Crippen LogP contribution in [0.1, 0.15) is 20.8 Å². The number of nitrogens with one attached hydrogen (secondary N) is 1. The molecule has 1 aromatic carbocycles. The van der Waals surface area contributed by atoms with E-state index in [0.717, 1.165) is 16.7 Å². The molecule has 112 valence electrons. The zero-order valence-corrected chi connectivity index (χ0v) is 13.5. The Morgan fingerprint density at radius 2 is 2.00 bits per heavy atom. The van der Waals surface area contributed by atoms with E-state index in [-0.39, 0.29) is 11.7 Å². The number of nitrogens with zero attached hydrogens (tertiary/aromatic N) is 2. The lowest BCUT2D eigenvalue weighted by Gasteiger charge is -2.19. The molecule has 6 heteroatoms. The number of rotatable bonds is 4. The Balaban J connectivity index is 2.14. The van der Waals surface area contributed by atoms with E-state index < -0.39 is 5.60 Å². The first kappa shape index (κ1) is 15.6. The molecule has 5 nitrogen and oxygen atoms in total.